The van der Waals surface area contributed by atoms with Gasteiger partial charge in [0.2, 0.25) is 0 Å². The molecule has 14 heavy (non-hydrogen) atoms. The second kappa shape index (κ2) is 6.56. The first-order valence-electron chi connectivity index (χ1n) is 4.58. The molecule has 0 unspecified atom stereocenters. The van der Waals surface area contributed by atoms with E-state index in [2.05, 4.69) is 6.07 Å². The average molecular weight is 214 g/mol. The van der Waals surface area contributed by atoms with Crippen LogP contribution in [0.2, 0.25) is 0 Å². The smallest absolute Gasteiger partial charge is 0.332 e. The highest BCUT2D eigenvalue weighted by atomic mass is 32.1. The lowest BCUT2D eigenvalue weighted by Crippen LogP contribution is -2.13. The maximum absolute atomic E-state index is 10.9. The lowest BCUT2D eigenvalue weighted by molar-refractivity contribution is -0.148. The Morgan fingerprint density at radius 1 is 1.57 bits per heavy atom. The Morgan fingerprint density at radius 3 is 3.07 bits per heavy atom. The van der Waals surface area contributed by atoms with Gasteiger partial charge in [-0.25, -0.2) is 4.79 Å². The summed E-state index contributed by atoms with van der Waals surface area (Å²) in [7, 11) is 0. The fourth-order valence-electron chi connectivity index (χ4n) is 0.986. The molecule has 1 rings (SSSR count). The van der Waals surface area contributed by atoms with Crippen molar-refractivity contribution in [3.63, 3.8) is 0 Å². The third-order valence-electron chi connectivity index (χ3n) is 1.60. The van der Waals surface area contributed by atoms with Gasteiger partial charge in [-0.15, -0.1) is 11.3 Å². The van der Waals surface area contributed by atoms with Crippen LogP contribution in [0.25, 0.3) is 0 Å². The summed E-state index contributed by atoms with van der Waals surface area (Å²) >= 11 is 1.70. The fraction of sp³-hybridized carbons (Fsp3) is 0.500. The number of hydrogen-bond donors (Lipinski definition) is 0. The van der Waals surface area contributed by atoms with Gasteiger partial charge in [-0.2, -0.15) is 0 Å². The summed E-state index contributed by atoms with van der Waals surface area (Å²) < 4.78 is 9.87. The summed E-state index contributed by atoms with van der Waals surface area (Å²) in [5.41, 5.74) is 0. The van der Waals surface area contributed by atoms with Crippen LogP contribution < -0.4 is 0 Å². The van der Waals surface area contributed by atoms with Crippen molar-refractivity contribution >= 4 is 17.3 Å². The predicted molar refractivity (Wildman–Crippen MR) is 55.5 cm³/mol. The molecule has 0 N–H and O–H groups in total. The van der Waals surface area contributed by atoms with Crippen molar-refractivity contribution in [3.8, 4) is 0 Å². The number of esters is 1. The minimum absolute atomic E-state index is 0.0548. The first-order chi connectivity index (χ1) is 6.83. The van der Waals surface area contributed by atoms with Crippen LogP contribution in [0.1, 0.15) is 11.8 Å². The number of thiophene rings is 1. The molecule has 1 aromatic heterocycles. The maximum Gasteiger partial charge on any atom is 0.332 e. The molecule has 3 nitrogen and oxygen atoms in total. The van der Waals surface area contributed by atoms with Crippen LogP contribution in [0.5, 0.6) is 0 Å². The molecular weight excluding hydrogens is 200 g/mol. The van der Waals surface area contributed by atoms with Crippen LogP contribution in [-0.4, -0.2) is 25.8 Å². The van der Waals surface area contributed by atoms with Gasteiger partial charge in [-0.1, -0.05) is 6.07 Å². The number of rotatable bonds is 6. The monoisotopic (exact) mass is 214 g/mol. The van der Waals surface area contributed by atoms with E-state index < -0.39 is 0 Å². The minimum atomic E-state index is -0.293. The molecule has 0 saturated heterocycles. The molecule has 0 aliphatic carbocycles. The Kier molecular flexibility index (Phi) is 5.25. The highest BCUT2D eigenvalue weighted by Crippen LogP contribution is 2.08. The molecule has 0 bridgehead atoms. The van der Waals surface area contributed by atoms with E-state index in [0.29, 0.717) is 13.2 Å². The van der Waals surface area contributed by atoms with Gasteiger partial charge < -0.3 is 9.47 Å². The van der Waals surface area contributed by atoms with Gasteiger partial charge in [0, 0.05) is 11.3 Å². The Balaban J connectivity index is 2.02. The summed E-state index contributed by atoms with van der Waals surface area (Å²) in [5, 5.41) is 2.03. The Labute approximate surface area is 87.7 Å². The van der Waals surface area contributed by atoms with Crippen molar-refractivity contribution in [2.75, 3.05) is 19.8 Å². The van der Waals surface area contributed by atoms with E-state index in [1.807, 2.05) is 11.4 Å². The van der Waals surface area contributed by atoms with E-state index in [1.165, 1.54) is 4.88 Å². The summed E-state index contributed by atoms with van der Waals surface area (Å²) in [6.45, 7) is 2.81. The largest absolute Gasteiger partial charge is 0.464 e. The Morgan fingerprint density at radius 2 is 2.43 bits per heavy atom. The summed E-state index contributed by atoms with van der Waals surface area (Å²) in [5.74, 6) is -0.293. The van der Waals surface area contributed by atoms with E-state index in [0.717, 1.165) is 6.42 Å². The van der Waals surface area contributed by atoms with E-state index >= 15 is 0 Å². The molecule has 0 aromatic carbocycles. The van der Waals surface area contributed by atoms with Gasteiger partial charge in [0.25, 0.3) is 0 Å². The van der Waals surface area contributed by atoms with E-state index in [1.54, 1.807) is 18.3 Å². The number of ether oxygens (including phenoxy) is 2. The molecule has 0 fully saturated rings. The molecule has 0 saturated carbocycles. The molecule has 4 heteroatoms. The second-order valence-corrected chi connectivity index (χ2v) is 3.72. The number of carbonyl (C=O) groups is 1. The van der Waals surface area contributed by atoms with Gasteiger partial charge in [0.1, 0.15) is 6.61 Å². The van der Waals surface area contributed by atoms with Crippen molar-refractivity contribution in [3.05, 3.63) is 22.4 Å². The lowest BCUT2D eigenvalue weighted by atomic mass is 10.4. The topological polar surface area (TPSA) is 35.5 Å². The van der Waals surface area contributed by atoms with E-state index in [-0.39, 0.29) is 12.6 Å². The second-order valence-electron chi connectivity index (χ2n) is 2.69. The molecular formula is C10H14O3S. The molecule has 0 spiro atoms. The van der Waals surface area contributed by atoms with Crippen molar-refractivity contribution < 1.29 is 14.3 Å². The Hall–Kier alpha value is -0.870. The predicted octanol–water partition coefficient (Wildman–Crippen LogP) is 1.87. The molecule has 1 heterocycles. The van der Waals surface area contributed by atoms with Gasteiger partial charge in [0.15, 0.2) is 0 Å². The van der Waals surface area contributed by atoms with Crippen molar-refractivity contribution in [1.82, 2.24) is 0 Å². The Bertz CT molecular complexity index is 256. The van der Waals surface area contributed by atoms with Crippen molar-refractivity contribution in [2.45, 2.75) is 13.3 Å². The van der Waals surface area contributed by atoms with Crippen LogP contribution in [0.15, 0.2) is 17.5 Å². The van der Waals surface area contributed by atoms with Gasteiger partial charge >= 0.3 is 5.97 Å². The highest BCUT2D eigenvalue weighted by Gasteiger charge is 2.01. The quantitative estimate of drug-likeness (QED) is 0.535. The lowest BCUT2D eigenvalue weighted by Gasteiger charge is -2.02. The molecule has 1 aromatic rings. The molecule has 0 radical (unpaired) electrons. The SMILES string of the molecule is CCOC(=O)COCCc1cccs1. The number of hydrogen-bond acceptors (Lipinski definition) is 4. The van der Waals surface area contributed by atoms with Crippen molar-refractivity contribution in [2.24, 2.45) is 0 Å². The minimum Gasteiger partial charge on any atom is -0.464 e. The maximum atomic E-state index is 10.9. The van der Waals surface area contributed by atoms with Crippen LogP contribution in [0.4, 0.5) is 0 Å². The van der Waals surface area contributed by atoms with Crippen LogP contribution in [0.3, 0.4) is 0 Å². The van der Waals surface area contributed by atoms with Crippen LogP contribution >= 0.6 is 11.3 Å². The van der Waals surface area contributed by atoms with Crippen molar-refractivity contribution in [1.29, 1.82) is 0 Å². The van der Waals surface area contributed by atoms with Crippen LogP contribution in [0, 0.1) is 0 Å². The molecule has 78 valence electrons. The molecule has 0 atom stereocenters. The van der Waals surface area contributed by atoms with Gasteiger partial charge in [0.05, 0.1) is 13.2 Å². The zero-order valence-electron chi connectivity index (χ0n) is 8.19. The summed E-state index contributed by atoms with van der Waals surface area (Å²) in [4.78, 5) is 12.1. The third kappa shape index (κ3) is 4.39. The molecule has 0 aliphatic heterocycles. The van der Waals surface area contributed by atoms with Gasteiger partial charge in [-0.3, -0.25) is 0 Å². The summed E-state index contributed by atoms with van der Waals surface area (Å²) in [6.07, 6.45) is 0.858. The first-order valence-corrected chi connectivity index (χ1v) is 5.46. The third-order valence-corrected chi connectivity index (χ3v) is 2.53. The van der Waals surface area contributed by atoms with E-state index in [9.17, 15) is 4.79 Å². The van der Waals surface area contributed by atoms with E-state index in [4.69, 9.17) is 9.47 Å². The first kappa shape index (κ1) is 11.2. The highest BCUT2D eigenvalue weighted by molar-refractivity contribution is 7.09. The fourth-order valence-corrected chi connectivity index (χ4v) is 1.68. The van der Waals surface area contributed by atoms with Crippen LogP contribution in [-0.2, 0) is 20.7 Å². The zero-order chi connectivity index (χ0) is 10.2. The standard InChI is InChI=1S/C10H14O3S/c1-2-13-10(11)8-12-6-5-9-4-3-7-14-9/h3-4,7H,2,5-6,8H2,1H3. The molecule has 0 aliphatic rings. The number of carbonyl (C=O) groups excluding carboxylic acids is 1. The normalized spacial score (nSPS) is 10.1. The molecule has 0 amide bonds. The summed E-state index contributed by atoms with van der Waals surface area (Å²) in [6, 6.07) is 4.06. The van der Waals surface area contributed by atoms with Gasteiger partial charge in [-0.05, 0) is 18.4 Å². The average Bonchev–Trinajstić information content (AvgIpc) is 2.65. The zero-order valence-corrected chi connectivity index (χ0v) is 9.01.